The van der Waals surface area contributed by atoms with Crippen LogP contribution in [0, 0.1) is 11.8 Å². The van der Waals surface area contributed by atoms with Crippen LogP contribution in [0.2, 0.25) is 0 Å². The van der Waals surface area contributed by atoms with E-state index < -0.39 is 17.6 Å². The minimum Gasteiger partial charge on any atom is -0.478 e. The highest BCUT2D eigenvalue weighted by Gasteiger charge is 2.45. The standard InChI is InChI=1S/C11H21NO4/c1-7(2)6-9(13)12(5)11(16,8(3)4)10(14)15/h7-8,16H,6H2,1-5H3,(H,14,15)/t11-/m1/s1. The fourth-order valence-corrected chi connectivity index (χ4v) is 1.45. The summed E-state index contributed by atoms with van der Waals surface area (Å²) >= 11 is 0. The van der Waals surface area contributed by atoms with Gasteiger partial charge in [0, 0.05) is 19.4 Å². The Kier molecular flexibility index (Phi) is 4.93. The number of aliphatic hydroxyl groups is 1. The Labute approximate surface area is 96.1 Å². The van der Waals surface area contributed by atoms with Crippen LogP contribution in [0.25, 0.3) is 0 Å². The molecule has 94 valence electrons. The molecule has 0 saturated heterocycles. The third-order valence-electron chi connectivity index (χ3n) is 2.59. The zero-order valence-corrected chi connectivity index (χ0v) is 10.5. The van der Waals surface area contributed by atoms with Crippen molar-refractivity contribution < 1.29 is 19.8 Å². The molecule has 5 heteroatoms. The fourth-order valence-electron chi connectivity index (χ4n) is 1.45. The van der Waals surface area contributed by atoms with Crippen molar-refractivity contribution in [1.82, 2.24) is 4.90 Å². The van der Waals surface area contributed by atoms with Crippen LogP contribution in [0.5, 0.6) is 0 Å². The van der Waals surface area contributed by atoms with E-state index >= 15 is 0 Å². The van der Waals surface area contributed by atoms with E-state index in [1.807, 2.05) is 13.8 Å². The van der Waals surface area contributed by atoms with E-state index in [0.717, 1.165) is 4.90 Å². The second-order valence-corrected chi connectivity index (χ2v) is 4.74. The maximum absolute atomic E-state index is 11.7. The van der Waals surface area contributed by atoms with Gasteiger partial charge in [-0.2, -0.15) is 0 Å². The molecule has 0 saturated carbocycles. The first kappa shape index (κ1) is 14.9. The van der Waals surface area contributed by atoms with Crippen molar-refractivity contribution in [2.45, 2.75) is 39.8 Å². The molecule has 0 aromatic carbocycles. The normalized spacial score (nSPS) is 15.0. The molecule has 0 rings (SSSR count). The molecule has 0 heterocycles. The minimum atomic E-state index is -2.13. The van der Waals surface area contributed by atoms with Crippen molar-refractivity contribution in [2.75, 3.05) is 7.05 Å². The van der Waals surface area contributed by atoms with E-state index in [2.05, 4.69) is 0 Å². The lowest BCUT2D eigenvalue weighted by atomic mass is 9.97. The molecule has 1 atom stereocenters. The van der Waals surface area contributed by atoms with E-state index in [0.29, 0.717) is 0 Å². The number of carbonyl (C=O) groups is 2. The van der Waals surface area contributed by atoms with Gasteiger partial charge in [-0.25, -0.2) is 4.79 Å². The SMILES string of the molecule is CC(C)CC(=O)N(C)[C@](O)(C(=O)O)C(C)C. The topological polar surface area (TPSA) is 77.8 Å². The largest absolute Gasteiger partial charge is 0.478 e. The molecule has 0 bridgehead atoms. The Balaban J connectivity index is 4.96. The third kappa shape index (κ3) is 2.95. The zero-order chi connectivity index (χ0) is 13.1. The van der Waals surface area contributed by atoms with Gasteiger partial charge in [0.25, 0.3) is 0 Å². The number of likely N-dealkylation sites (N-methyl/N-ethyl adjacent to an activating group) is 1. The summed E-state index contributed by atoms with van der Waals surface area (Å²) in [7, 11) is 1.32. The number of carboxylic acid groups (broad SMARTS) is 1. The van der Waals surface area contributed by atoms with Crippen molar-refractivity contribution in [3.05, 3.63) is 0 Å². The molecule has 5 nitrogen and oxygen atoms in total. The summed E-state index contributed by atoms with van der Waals surface area (Å²) in [6.45, 7) is 6.85. The number of hydrogen-bond acceptors (Lipinski definition) is 3. The van der Waals surface area contributed by atoms with E-state index in [1.54, 1.807) is 13.8 Å². The average molecular weight is 231 g/mol. The highest BCUT2D eigenvalue weighted by atomic mass is 16.4. The molecule has 0 radical (unpaired) electrons. The Hall–Kier alpha value is -1.10. The Morgan fingerprint density at radius 2 is 1.69 bits per heavy atom. The number of carbonyl (C=O) groups excluding carboxylic acids is 1. The maximum Gasteiger partial charge on any atom is 0.357 e. The molecule has 16 heavy (non-hydrogen) atoms. The first-order chi connectivity index (χ1) is 7.13. The molecule has 0 aliphatic carbocycles. The van der Waals surface area contributed by atoms with Crippen LogP contribution in [0.4, 0.5) is 0 Å². The Morgan fingerprint density at radius 1 is 1.25 bits per heavy atom. The van der Waals surface area contributed by atoms with Crippen molar-refractivity contribution in [3.63, 3.8) is 0 Å². The number of hydrogen-bond donors (Lipinski definition) is 2. The highest BCUT2D eigenvalue weighted by molar-refractivity contribution is 5.85. The van der Waals surface area contributed by atoms with Gasteiger partial charge in [0.15, 0.2) is 0 Å². The van der Waals surface area contributed by atoms with Gasteiger partial charge in [0.2, 0.25) is 11.6 Å². The maximum atomic E-state index is 11.7. The summed E-state index contributed by atoms with van der Waals surface area (Å²) in [5.41, 5.74) is -2.13. The molecule has 0 aliphatic rings. The lowest BCUT2D eigenvalue weighted by molar-refractivity contribution is -0.195. The fraction of sp³-hybridized carbons (Fsp3) is 0.818. The van der Waals surface area contributed by atoms with Crippen LogP contribution < -0.4 is 0 Å². The van der Waals surface area contributed by atoms with Crippen molar-refractivity contribution in [2.24, 2.45) is 11.8 Å². The Morgan fingerprint density at radius 3 is 1.94 bits per heavy atom. The molecular weight excluding hydrogens is 210 g/mol. The van der Waals surface area contributed by atoms with E-state index in [4.69, 9.17) is 5.11 Å². The molecule has 0 aliphatic heterocycles. The summed E-state index contributed by atoms with van der Waals surface area (Å²) in [5.74, 6) is -2.22. The molecular formula is C11H21NO4. The number of carboxylic acids is 1. The monoisotopic (exact) mass is 231 g/mol. The van der Waals surface area contributed by atoms with Crippen molar-refractivity contribution >= 4 is 11.9 Å². The second-order valence-electron chi connectivity index (χ2n) is 4.74. The van der Waals surface area contributed by atoms with Crippen LogP contribution >= 0.6 is 0 Å². The van der Waals surface area contributed by atoms with Crippen molar-refractivity contribution in [3.8, 4) is 0 Å². The van der Waals surface area contributed by atoms with E-state index in [-0.39, 0.29) is 18.2 Å². The van der Waals surface area contributed by atoms with Crippen LogP contribution in [0.15, 0.2) is 0 Å². The van der Waals surface area contributed by atoms with E-state index in [9.17, 15) is 14.7 Å². The summed E-state index contributed by atoms with van der Waals surface area (Å²) in [6.07, 6.45) is 0.221. The first-order valence-electron chi connectivity index (χ1n) is 5.36. The predicted octanol–water partition coefficient (Wildman–Crippen LogP) is 0.920. The Bertz CT molecular complexity index is 275. The lowest BCUT2D eigenvalue weighted by Gasteiger charge is -2.36. The van der Waals surface area contributed by atoms with Gasteiger partial charge in [0.05, 0.1) is 0 Å². The number of amides is 1. The van der Waals surface area contributed by atoms with Crippen molar-refractivity contribution in [1.29, 1.82) is 0 Å². The molecule has 0 unspecified atom stereocenters. The molecule has 1 amide bonds. The highest BCUT2D eigenvalue weighted by Crippen LogP contribution is 2.22. The number of rotatable bonds is 5. The summed E-state index contributed by atoms with van der Waals surface area (Å²) < 4.78 is 0. The quantitative estimate of drug-likeness (QED) is 0.690. The van der Waals surface area contributed by atoms with Gasteiger partial charge in [-0.3, -0.25) is 4.79 Å². The summed E-state index contributed by atoms with van der Waals surface area (Å²) in [5, 5.41) is 19.0. The smallest absolute Gasteiger partial charge is 0.357 e. The summed E-state index contributed by atoms with van der Waals surface area (Å²) in [4.78, 5) is 23.7. The van der Waals surface area contributed by atoms with Gasteiger partial charge in [-0.15, -0.1) is 0 Å². The third-order valence-corrected chi connectivity index (χ3v) is 2.59. The van der Waals surface area contributed by atoms with Crippen LogP contribution in [0.3, 0.4) is 0 Å². The zero-order valence-electron chi connectivity index (χ0n) is 10.5. The lowest BCUT2D eigenvalue weighted by Crippen LogP contribution is -2.58. The predicted molar refractivity (Wildman–Crippen MR) is 59.6 cm³/mol. The van der Waals surface area contributed by atoms with Gasteiger partial charge < -0.3 is 15.1 Å². The first-order valence-corrected chi connectivity index (χ1v) is 5.36. The minimum absolute atomic E-state index is 0.125. The van der Waals surface area contributed by atoms with Crippen LogP contribution in [0.1, 0.15) is 34.1 Å². The molecule has 0 aromatic rings. The molecule has 2 N–H and O–H groups in total. The molecule has 0 fully saturated rings. The summed E-state index contributed by atoms with van der Waals surface area (Å²) in [6, 6.07) is 0. The van der Waals surface area contributed by atoms with Gasteiger partial charge >= 0.3 is 5.97 Å². The number of aliphatic carboxylic acids is 1. The molecule has 0 aromatic heterocycles. The van der Waals surface area contributed by atoms with Gasteiger partial charge in [-0.1, -0.05) is 27.7 Å². The van der Waals surface area contributed by atoms with Crippen LogP contribution in [-0.4, -0.2) is 39.8 Å². The van der Waals surface area contributed by atoms with Gasteiger partial charge in [-0.05, 0) is 5.92 Å². The molecule has 0 spiro atoms. The van der Waals surface area contributed by atoms with Crippen LogP contribution in [-0.2, 0) is 9.59 Å². The van der Waals surface area contributed by atoms with E-state index in [1.165, 1.54) is 7.05 Å². The second kappa shape index (κ2) is 5.30. The number of nitrogens with zero attached hydrogens (tertiary/aromatic N) is 1. The van der Waals surface area contributed by atoms with Gasteiger partial charge in [0.1, 0.15) is 0 Å². The average Bonchev–Trinajstić information content (AvgIpc) is 2.13.